The van der Waals surface area contributed by atoms with Crippen molar-refractivity contribution in [1.29, 1.82) is 0 Å². The monoisotopic (exact) mass is 394 g/mol. The number of nitrogens with zero attached hydrogens (tertiary/aromatic N) is 2. The molecule has 134 valence electrons. The van der Waals surface area contributed by atoms with E-state index >= 15 is 0 Å². The fraction of sp³-hybridized carbons (Fsp3) is 0.615. The highest BCUT2D eigenvalue weighted by Gasteiger charge is 2.42. The molecule has 1 aromatic rings. The van der Waals surface area contributed by atoms with E-state index in [9.17, 15) is 21.6 Å². The van der Waals surface area contributed by atoms with Crippen LogP contribution in [-0.4, -0.2) is 70.0 Å². The number of ether oxygens (including phenoxy) is 1. The third-order valence-corrected chi connectivity index (χ3v) is 9.48. The Bertz CT molecular complexity index is 833. The number of methoxy groups -OCH3 is 1. The first-order valence-corrected chi connectivity index (χ1v) is 11.3. The van der Waals surface area contributed by atoms with Crippen LogP contribution in [0.2, 0.25) is 0 Å². The molecule has 2 aliphatic rings. The Kier molecular flexibility index (Phi) is 4.73. The second-order valence-electron chi connectivity index (χ2n) is 5.65. The van der Waals surface area contributed by atoms with Gasteiger partial charge in [0.15, 0.2) is 0 Å². The van der Waals surface area contributed by atoms with E-state index in [0.29, 0.717) is 12.8 Å². The van der Waals surface area contributed by atoms with Crippen LogP contribution < -0.4 is 0 Å². The molecule has 0 atom stereocenters. The zero-order valence-electron chi connectivity index (χ0n) is 13.0. The highest BCUT2D eigenvalue weighted by molar-refractivity contribution is 7.90. The Morgan fingerprint density at radius 3 is 2.25 bits per heavy atom. The number of piperazine rings is 1. The second-order valence-corrected chi connectivity index (χ2v) is 10.7. The van der Waals surface area contributed by atoms with Crippen molar-refractivity contribution >= 4 is 37.4 Å². The summed E-state index contributed by atoms with van der Waals surface area (Å²) in [6.45, 7) is 0.418. The van der Waals surface area contributed by atoms with Crippen LogP contribution in [0.15, 0.2) is 16.3 Å². The molecule has 8 nitrogen and oxygen atoms in total. The Morgan fingerprint density at radius 2 is 1.71 bits per heavy atom. The van der Waals surface area contributed by atoms with E-state index in [-0.39, 0.29) is 41.2 Å². The van der Waals surface area contributed by atoms with E-state index in [1.165, 1.54) is 27.2 Å². The molecular weight excluding hydrogens is 376 g/mol. The maximum Gasteiger partial charge on any atom is 0.349 e. The third-order valence-electron chi connectivity index (χ3n) is 4.12. The van der Waals surface area contributed by atoms with Crippen molar-refractivity contribution in [2.24, 2.45) is 0 Å². The Hall–Kier alpha value is -1.01. The number of esters is 1. The lowest BCUT2D eigenvalue weighted by atomic mass is 10.4. The van der Waals surface area contributed by atoms with Gasteiger partial charge in [-0.3, -0.25) is 0 Å². The number of hydrogen-bond acceptors (Lipinski definition) is 7. The fourth-order valence-electron chi connectivity index (χ4n) is 2.62. The lowest BCUT2D eigenvalue weighted by Gasteiger charge is -2.33. The van der Waals surface area contributed by atoms with Gasteiger partial charge in [-0.1, -0.05) is 0 Å². The standard InChI is InChI=1S/C13H18N2O6S3/c1-21-13(16)12-11(4-9-22-12)24(19,20)15-7-5-14(6-8-15)23(17,18)10-2-3-10/h4,9-10H,2-3,5-8H2,1H3. The number of rotatable bonds is 5. The van der Waals surface area contributed by atoms with Gasteiger partial charge in [-0.15, -0.1) is 11.3 Å². The number of carbonyl (C=O) groups excluding carboxylic acids is 1. The van der Waals surface area contributed by atoms with Crippen molar-refractivity contribution in [2.75, 3.05) is 33.3 Å². The Balaban J connectivity index is 1.76. The van der Waals surface area contributed by atoms with Crippen LogP contribution in [0.25, 0.3) is 0 Å². The minimum Gasteiger partial charge on any atom is -0.465 e. The van der Waals surface area contributed by atoms with Crippen LogP contribution in [-0.2, 0) is 24.8 Å². The highest BCUT2D eigenvalue weighted by atomic mass is 32.2. The molecule has 3 rings (SSSR count). The number of thiophene rings is 1. The molecule has 1 saturated carbocycles. The van der Waals surface area contributed by atoms with Gasteiger partial charge in [0.05, 0.1) is 12.4 Å². The van der Waals surface area contributed by atoms with E-state index in [1.54, 1.807) is 0 Å². The molecule has 0 radical (unpaired) electrons. The number of sulfonamides is 2. The van der Waals surface area contributed by atoms with Crippen molar-refractivity contribution in [3.63, 3.8) is 0 Å². The summed E-state index contributed by atoms with van der Waals surface area (Å²) in [6, 6.07) is 1.37. The van der Waals surface area contributed by atoms with Crippen LogP contribution in [0.1, 0.15) is 22.5 Å². The average molecular weight is 394 g/mol. The van der Waals surface area contributed by atoms with Gasteiger partial charge in [0.1, 0.15) is 9.77 Å². The van der Waals surface area contributed by atoms with Crippen LogP contribution in [0.3, 0.4) is 0 Å². The molecule has 0 bridgehead atoms. The van der Waals surface area contributed by atoms with E-state index < -0.39 is 26.0 Å². The van der Waals surface area contributed by atoms with Crippen LogP contribution in [0.4, 0.5) is 0 Å². The van der Waals surface area contributed by atoms with E-state index in [0.717, 1.165) is 11.3 Å². The second kappa shape index (κ2) is 6.37. The average Bonchev–Trinajstić information content (AvgIpc) is 3.32. The normalized spacial score (nSPS) is 20.9. The molecule has 1 aliphatic carbocycles. The molecule has 0 spiro atoms. The summed E-state index contributed by atoms with van der Waals surface area (Å²) >= 11 is 1.00. The molecule has 2 heterocycles. The van der Waals surface area contributed by atoms with Crippen molar-refractivity contribution < 1.29 is 26.4 Å². The van der Waals surface area contributed by atoms with Gasteiger partial charge in [-0.05, 0) is 24.3 Å². The molecule has 2 fully saturated rings. The number of carbonyl (C=O) groups is 1. The SMILES string of the molecule is COC(=O)c1sccc1S(=O)(=O)N1CCN(S(=O)(=O)C2CC2)CC1. The maximum absolute atomic E-state index is 12.7. The quantitative estimate of drug-likeness (QED) is 0.667. The predicted octanol–water partition coefficient (Wildman–Crippen LogP) is 0.333. The van der Waals surface area contributed by atoms with Gasteiger partial charge in [0.25, 0.3) is 0 Å². The Morgan fingerprint density at radius 1 is 1.12 bits per heavy atom. The zero-order valence-corrected chi connectivity index (χ0v) is 15.5. The summed E-state index contributed by atoms with van der Waals surface area (Å²) < 4.78 is 57.1. The molecule has 1 saturated heterocycles. The van der Waals surface area contributed by atoms with Gasteiger partial charge in [0, 0.05) is 26.2 Å². The first-order valence-electron chi connectivity index (χ1n) is 7.43. The molecule has 24 heavy (non-hydrogen) atoms. The zero-order chi connectivity index (χ0) is 17.5. The third kappa shape index (κ3) is 3.10. The maximum atomic E-state index is 12.7. The topological polar surface area (TPSA) is 101 Å². The van der Waals surface area contributed by atoms with E-state index in [1.807, 2.05) is 0 Å². The molecule has 0 aromatic carbocycles. The van der Waals surface area contributed by atoms with Crippen molar-refractivity contribution in [1.82, 2.24) is 8.61 Å². The molecule has 0 unspecified atom stereocenters. The van der Waals surface area contributed by atoms with Gasteiger partial charge < -0.3 is 4.74 Å². The van der Waals surface area contributed by atoms with Gasteiger partial charge in [-0.25, -0.2) is 21.6 Å². The van der Waals surface area contributed by atoms with Crippen LogP contribution >= 0.6 is 11.3 Å². The van der Waals surface area contributed by atoms with E-state index in [2.05, 4.69) is 4.74 Å². The summed E-state index contributed by atoms with van der Waals surface area (Å²) in [5.41, 5.74) is 0. The van der Waals surface area contributed by atoms with Crippen molar-refractivity contribution in [3.05, 3.63) is 16.3 Å². The minimum absolute atomic E-state index is 0.0329. The summed E-state index contributed by atoms with van der Waals surface area (Å²) in [5.74, 6) is -0.696. The Labute approximate surface area is 145 Å². The molecular formula is C13H18N2O6S3. The molecule has 0 amide bonds. The highest BCUT2D eigenvalue weighted by Crippen LogP contribution is 2.32. The fourth-order valence-corrected chi connectivity index (χ4v) is 7.18. The van der Waals surface area contributed by atoms with Crippen molar-refractivity contribution in [2.45, 2.75) is 23.0 Å². The van der Waals surface area contributed by atoms with Gasteiger partial charge in [0.2, 0.25) is 20.0 Å². The van der Waals surface area contributed by atoms with Crippen LogP contribution in [0.5, 0.6) is 0 Å². The first kappa shape index (κ1) is 17.8. The van der Waals surface area contributed by atoms with E-state index in [4.69, 9.17) is 0 Å². The minimum atomic E-state index is -3.86. The van der Waals surface area contributed by atoms with Gasteiger partial charge in [-0.2, -0.15) is 8.61 Å². The summed E-state index contributed by atoms with van der Waals surface area (Å²) in [6.07, 6.45) is 1.36. The predicted molar refractivity (Wildman–Crippen MR) is 87.9 cm³/mol. The molecule has 1 aromatic heterocycles. The molecule has 11 heteroatoms. The first-order chi connectivity index (χ1) is 11.3. The summed E-state index contributed by atoms with van der Waals surface area (Å²) in [4.78, 5) is 11.7. The van der Waals surface area contributed by atoms with Crippen molar-refractivity contribution in [3.8, 4) is 0 Å². The largest absolute Gasteiger partial charge is 0.465 e. The lowest BCUT2D eigenvalue weighted by molar-refractivity contribution is 0.0602. The summed E-state index contributed by atoms with van der Waals surface area (Å²) in [7, 11) is -5.96. The molecule has 0 N–H and O–H groups in total. The lowest BCUT2D eigenvalue weighted by Crippen LogP contribution is -2.51. The number of hydrogen-bond donors (Lipinski definition) is 0. The van der Waals surface area contributed by atoms with Gasteiger partial charge >= 0.3 is 5.97 Å². The molecule has 1 aliphatic heterocycles. The van der Waals surface area contributed by atoms with Crippen LogP contribution in [0, 0.1) is 0 Å². The smallest absolute Gasteiger partial charge is 0.349 e. The summed E-state index contributed by atoms with van der Waals surface area (Å²) in [5, 5.41) is 1.22.